The van der Waals surface area contributed by atoms with E-state index >= 15 is 0 Å². The lowest BCUT2D eigenvalue weighted by atomic mass is 9.96. The first-order valence-electron chi connectivity index (χ1n) is 10.8. The second kappa shape index (κ2) is 7.70. The van der Waals surface area contributed by atoms with Crippen molar-refractivity contribution in [3.63, 3.8) is 0 Å². The van der Waals surface area contributed by atoms with E-state index in [1.807, 2.05) is 48.5 Å². The van der Waals surface area contributed by atoms with Crippen molar-refractivity contribution in [1.82, 2.24) is 15.2 Å². The van der Waals surface area contributed by atoms with Crippen molar-refractivity contribution < 1.29 is 14.4 Å². The number of aryl methyl sites for hydroxylation is 1. The predicted molar refractivity (Wildman–Crippen MR) is 124 cm³/mol. The minimum Gasteiger partial charge on any atom is -0.323 e. The van der Waals surface area contributed by atoms with Gasteiger partial charge in [0, 0.05) is 0 Å². The topological polar surface area (TPSA) is 82.6 Å². The maximum Gasteiger partial charge on any atom is 0.325 e. The number of urea groups is 1. The van der Waals surface area contributed by atoms with E-state index in [1.165, 1.54) is 16.2 Å². The molecule has 0 spiro atoms. The monoisotopic (exact) mass is 448 g/mol. The normalized spacial score (nSPS) is 20.6. The van der Waals surface area contributed by atoms with Gasteiger partial charge in [0.1, 0.15) is 12.1 Å². The molecule has 164 valence electrons. The molecule has 3 aromatic rings. The number of aromatic nitrogens is 1. The Labute approximate surface area is 190 Å². The molecule has 2 fully saturated rings. The SMILES string of the molecule is CCc1ccc(N(C(=O)CN2C(=O)NC(C)(C3CC3)C2=O)c2nc3ccccc3s2)cc1. The van der Waals surface area contributed by atoms with E-state index in [0.717, 1.165) is 39.9 Å². The van der Waals surface area contributed by atoms with Crippen LogP contribution in [0.15, 0.2) is 48.5 Å². The molecule has 1 unspecified atom stereocenters. The summed E-state index contributed by atoms with van der Waals surface area (Å²) in [5, 5.41) is 3.32. The fourth-order valence-corrected chi connectivity index (χ4v) is 5.20. The summed E-state index contributed by atoms with van der Waals surface area (Å²) in [7, 11) is 0. The molecule has 1 saturated carbocycles. The number of imide groups is 1. The first-order chi connectivity index (χ1) is 15.4. The molecular weight excluding hydrogens is 424 g/mol. The molecule has 2 heterocycles. The standard InChI is InChI=1S/C24H24N4O3S/c1-3-15-8-12-17(13-9-15)28(23-25-18-6-4-5-7-19(18)32-23)20(29)14-27-21(30)24(2,16-10-11-16)26-22(27)31/h4-9,12-13,16H,3,10-11,14H2,1-2H3,(H,26,31). The summed E-state index contributed by atoms with van der Waals surface area (Å²) in [4.78, 5) is 46.4. The Morgan fingerprint density at radius 3 is 2.56 bits per heavy atom. The summed E-state index contributed by atoms with van der Waals surface area (Å²) >= 11 is 1.40. The van der Waals surface area contributed by atoms with Crippen LogP contribution < -0.4 is 10.2 Å². The van der Waals surface area contributed by atoms with Crippen LogP contribution in [0.3, 0.4) is 0 Å². The predicted octanol–water partition coefficient (Wildman–Crippen LogP) is 4.24. The van der Waals surface area contributed by atoms with Crippen LogP contribution in [-0.4, -0.2) is 39.8 Å². The number of nitrogens with one attached hydrogen (secondary N) is 1. The number of hydrogen-bond acceptors (Lipinski definition) is 5. The largest absolute Gasteiger partial charge is 0.325 e. The minimum absolute atomic E-state index is 0.140. The van der Waals surface area contributed by atoms with E-state index < -0.39 is 11.6 Å². The van der Waals surface area contributed by atoms with Crippen LogP contribution in [0.5, 0.6) is 0 Å². The average Bonchev–Trinajstić information content (AvgIpc) is 3.53. The first-order valence-corrected chi connectivity index (χ1v) is 11.6. The highest BCUT2D eigenvalue weighted by Crippen LogP contribution is 2.42. The van der Waals surface area contributed by atoms with Crippen LogP contribution >= 0.6 is 11.3 Å². The van der Waals surface area contributed by atoms with Crippen molar-refractivity contribution >= 4 is 50.2 Å². The maximum absolute atomic E-state index is 13.5. The smallest absolute Gasteiger partial charge is 0.323 e. The molecule has 1 N–H and O–H groups in total. The van der Waals surface area contributed by atoms with Gasteiger partial charge in [-0.1, -0.05) is 42.5 Å². The number of carbonyl (C=O) groups is 3. The highest BCUT2D eigenvalue weighted by atomic mass is 32.1. The number of anilines is 2. The Morgan fingerprint density at radius 2 is 1.91 bits per heavy atom. The van der Waals surface area contributed by atoms with Crippen LogP contribution in [0.25, 0.3) is 10.2 Å². The van der Waals surface area contributed by atoms with Crippen molar-refractivity contribution in [2.24, 2.45) is 5.92 Å². The highest BCUT2D eigenvalue weighted by Gasteiger charge is 2.56. The lowest BCUT2D eigenvalue weighted by molar-refractivity contribution is -0.134. The van der Waals surface area contributed by atoms with E-state index in [1.54, 1.807) is 6.92 Å². The van der Waals surface area contributed by atoms with Crippen molar-refractivity contribution in [3.8, 4) is 0 Å². The molecule has 2 aromatic carbocycles. The van der Waals surface area contributed by atoms with E-state index in [4.69, 9.17) is 0 Å². The third-order valence-electron chi connectivity index (χ3n) is 6.31. The molecule has 32 heavy (non-hydrogen) atoms. The number of hydrogen-bond donors (Lipinski definition) is 1. The van der Waals surface area contributed by atoms with Gasteiger partial charge in [0.15, 0.2) is 5.13 Å². The van der Waals surface area contributed by atoms with Gasteiger partial charge in [-0.15, -0.1) is 0 Å². The lowest BCUT2D eigenvalue weighted by Gasteiger charge is -2.24. The van der Waals surface area contributed by atoms with Gasteiger partial charge in [-0.05, 0) is 61.9 Å². The minimum atomic E-state index is -0.916. The fourth-order valence-electron chi connectivity index (χ4n) is 4.20. The van der Waals surface area contributed by atoms with Crippen LogP contribution in [0, 0.1) is 5.92 Å². The Morgan fingerprint density at radius 1 is 1.19 bits per heavy atom. The van der Waals surface area contributed by atoms with Crippen molar-refractivity contribution in [2.75, 3.05) is 11.4 Å². The van der Waals surface area contributed by atoms with E-state index in [2.05, 4.69) is 17.2 Å². The van der Waals surface area contributed by atoms with Crippen molar-refractivity contribution in [2.45, 2.75) is 38.6 Å². The van der Waals surface area contributed by atoms with Gasteiger partial charge in [-0.25, -0.2) is 9.78 Å². The third kappa shape index (κ3) is 3.44. The molecule has 1 saturated heterocycles. The van der Waals surface area contributed by atoms with Gasteiger partial charge < -0.3 is 5.32 Å². The Balaban J connectivity index is 1.49. The van der Waals surface area contributed by atoms with Crippen molar-refractivity contribution in [3.05, 3.63) is 54.1 Å². The number of nitrogens with zero attached hydrogens (tertiary/aromatic N) is 3. The van der Waals surface area contributed by atoms with Gasteiger partial charge in [-0.2, -0.15) is 0 Å². The summed E-state index contributed by atoms with van der Waals surface area (Å²) < 4.78 is 0.960. The number of benzene rings is 2. The zero-order valence-electron chi connectivity index (χ0n) is 18.0. The van der Waals surface area contributed by atoms with E-state index in [9.17, 15) is 14.4 Å². The number of fused-ring (bicyclic) bond motifs is 1. The second-order valence-electron chi connectivity index (χ2n) is 8.51. The molecule has 1 aliphatic carbocycles. The van der Waals surface area contributed by atoms with Crippen LogP contribution in [0.4, 0.5) is 15.6 Å². The molecule has 2 aliphatic rings. The van der Waals surface area contributed by atoms with Crippen LogP contribution in [0.2, 0.25) is 0 Å². The maximum atomic E-state index is 13.5. The number of para-hydroxylation sites is 1. The molecule has 1 atom stereocenters. The number of rotatable bonds is 6. The summed E-state index contributed by atoms with van der Waals surface area (Å²) in [5.74, 6) is -0.568. The van der Waals surface area contributed by atoms with Crippen molar-refractivity contribution in [1.29, 1.82) is 0 Å². The molecule has 1 aliphatic heterocycles. The van der Waals surface area contributed by atoms with Gasteiger partial charge >= 0.3 is 6.03 Å². The Kier molecular flexibility index (Phi) is 4.97. The molecule has 0 radical (unpaired) electrons. The highest BCUT2D eigenvalue weighted by molar-refractivity contribution is 7.22. The molecule has 8 heteroatoms. The molecule has 0 bridgehead atoms. The number of thiazole rings is 1. The van der Waals surface area contributed by atoms with Crippen LogP contribution in [-0.2, 0) is 16.0 Å². The summed E-state index contributed by atoms with van der Waals surface area (Å²) in [6.45, 7) is 3.49. The zero-order valence-corrected chi connectivity index (χ0v) is 18.8. The van der Waals surface area contributed by atoms with Crippen LogP contribution in [0.1, 0.15) is 32.3 Å². The van der Waals surface area contributed by atoms with E-state index in [-0.39, 0.29) is 24.3 Å². The van der Waals surface area contributed by atoms with Gasteiger partial charge in [0.2, 0.25) is 0 Å². The molecule has 5 rings (SSSR count). The molecular formula is C24H24N4O3S. The fraction of sp³-hybridized carbons (Fsp3) is 0.333. The first kappa shape index (κ1) is 20.6. The Bertz CT molecular complexity index is 1180. The Hall–Kier alpha value is -3.26. The summed E-state index contributed by atoms with van der Waals surface area (Å²) in [6, 6.07) is 14.9. The molecule has 7 nitrogen and oxygen atoms in total. The quantitative estimate of drug-likeness (QED) is 0.572. The number of carbonyl (C=O) groups excluding carboxylic acids is 3. The summed E-state index contributed by atoms with van der Waals surface area (Å²) in [6.07, 6.45) is 2.70. The van der Waals surface area contributed by atoms with Gasteiger partial charge in [-0.3, -0.25) is 19.4 Å². The van der Waals surface area contributed by atoms with Gasteiger partial charge in [0.25, 0.3) is 11.8 Å². The third-order valence-corrected chi connectivity index (χ3v) is 7.34. The second-order valence-corrected chi connectivity index (χ2v) is 9.52. The molecule has 4 amide bonds. The average molecular weight is 449 g/mol. The van der Waals surface area contributed by atoms with E-state index in [0.29, 0.717) is 10.8 Å². The molecule has 1 aromatic heterocycles. The number of amides is 4. The summed E-state index contributed by atoms with van der Waals surface area (Å²) in [5.41, 5.74) is 1.69. The van der Waals surface area contributed by atoms with Gasteiger partial charge in [0.05, 0.1) is 15.9 Å². The zero-order chi connectivity index (χ0) is 22.5. The lowest BCUT2D eigenvalue weighted by Crippen LogP contribution is -2.47.